The number of hydrogen-bond donors (Lipinski definition) is 2. The highest BCUT2D eigenvalue weighted by atomic mass is 16.1. The van der Waals surface area contributed by atoms with Gasteiger partial charge in [0.2, 0.25) is 5.78 Å². The number of nitrogens with zero attached hydrogens (tertiary/aromatic N) is 3. The molecular formula is C16H19N5O. The summed E-state index contributed by atoms with van der Waals surface area (Å²) >= 11 is 0. The SMILES string of the molecule is C[C@@H]1CNCCN1c1cccc(C(=O)c2cccnc2N)n1. The van der Waals surface area contributed by atoms with Crippen LogP contribution in [0.25, 0.3) is 0 Å². The maximum absolute atomic E-state index is 12.6. The first-order valence-electron chi connectivity index (χ1n) is 7.36. The first-order chi connectivity index (χ1) is 10.7. The van der Waals surface area contributed by atoms with E-state index >= 15 is 0 Å². The number of pyridine rings is 2. The highest BCUT2D eigenvalue weighted by Crippen LogP contribution is 2.19. The van der Waals surface area contributed by atoms with Crippen molar-refractivity contribution in [3.8, 4) is 0 Å². The molecule has 2 aromatic rings. The van der Waals surface area contributed by atoms with Crippen LogP contribution in [-0.4, -0.2) is 41.4 Å². The van der Waals surface area contributed by atoms with Gasteiger partial charge in [-0.25, -0.2) is 9.97 Å². The molecule has 0 radical (unpaired) electrons. The summed E-state index contributed by atoms with van der Waals surface area (Å²) in [5.74, 6) is 0.854. The van der Waals surface area contributed by atoms with Gasteiger partial charge >= 0.3 is 0 Å². The van der Waals surface area contributed by atoms with Crippen LogP contribution in [0, 0.1) is 0 Å². The van der Waals surface area contributed by atoms with Gasteiger partial charge in [-0.05, 0) is 31.2 Å². The number of aromatic nitrogens is 2. The van der Waals surface area contributed by atoms with Crippen molar-refractivity contribution in [2.24, 2.45) is 0 Å². The number of nitrogen functional groups attached to an aromatic ring is 1. The molecule has 0 spiro atoms. The van der Waals surface area contributed by atoms with Crippen LogP contribution in [0.15, 0.2) is 36.5 Å². The van der Waals surface area contributed by atoms with Crippen LogP contribution in [0.1, 0.15) is 23.0 Å². The number of ketones is 1. The van der Waals surface area contributed by atoms with Crippen molar-refractivity contribution in [2.75, 3.05) is 30.3 Å². The Morgan fingerprint density at radius 3 is 3.00 bits per heavy atom. The van der Waals surface area contributed by atoms with Crippen LogP contribution in [-0.2, 0) is 0 Å². The van der Waals surface area contributed by atoms with Crippen molar-refractivity contribution in [1.82, 2.24) is 15.3 Å². The lowest BCUT2D eigenvalue weighted by Crippen LogP contribution is -2.50. The predicted molar refractivity (Wildman–Crippen MR) is 86.0 cm³/mol. The average molecular weight is 297 g/mol. The van der Waals surface area contributed by atoms with Gasteiger partial charge < -0.3 is 16.0 Å². The summed E-state index contributed by atoms with van der Waals surface area (Å²) < 4.78 is 0. The van der Waals surface area contributed by atoms with E-state index in [1.807, 2.05) is 12.1 Å². The van der Waals surface area contributed by atoms with E-state index in [1.54, 1.807) is 24.4 Å². The quantitative estimate of drug-likeness (QED) is 0.825. The summed E-state index contributed by atoms with van der Waals surface area (Å²) in [6, 6.07) is 9.22. The summed E-state index contributed by atoms with van der Waals surface area (Å²) in [4.78, 5) is 23.3. The molecule has 0 amide bonds. The van der Waals surface area contributed by atoms with E-state index in [-0.39, 0.29) is 11.6 Å². The minimum absolute atomic E-state index is 0.199. The highest BCUT2D eigenvalue weighted by Gasteiger charge is 2.21. The lowest BCUT2D eigenvalue weighted by atomic mass is 10.1. The van der Waals surface area contributed by atoms with Crippen LogP contribution in [0.5, 0.6) is 0 Å². The maximum atomic E-state index is 12.6. The molecule has 3 heterocycles. The number of carbonyl (C=O) groups is 1. The zero-order chi connectivity index (χ0) is 15.5. The number of hydrogen-bond acceptors (Lipinski definition) is 6. The number of nitrogens with two attached hydrogens (primary N) is 1. The number of rotatable bonds is 3. The standard InChI is InChI=1S/C16H19N5O/c1-11-10-18-8-9-21(11)14-6-2-5-13(20-14)15(22)12-4-3-7-19-16(12)17/h2-7,11,18H,8-10H2,1H3,(H2,17,19)/t11-/m1/s1. The fourth-order valence-corrected chi connectivity index (χ4v) is 2.64. The van der Waals surface area contributed by atoms with Crippen LogP contribution >= 0.6 is 0 Å². The van der Waals surface area contributed by atoms with Crippen LogP contribution in [0.3, 0.4) is 0 Å². The molecule has 1 atom stereocenters. The van der Waals surface area contributed by atoms with E-state index in [0.29, 0.717) is 17.3 Å². The maximum Gasteiger partial charge on any atom is 0.215 e. The molecule has 2 aromatic heterocycles. The molecule has 114 valence electrons. The Morgan fingerprint density at radius 1 is 1.36 bits per heavy atom. The Labute approximate surface area is 129 Å². The second-order valence-corrected chi connectivity index (χ2v) is 5.39. The third kappa shape index (κ3) is 2.78. The number of carbonyl (C=O) groups excluding carboxylic acids is 1. The summed E-state index contributed by atoms with van der Waals surface area (Å²) in [5, 5.41) is 3.34. The zero-order valence-corrected chi connectivity index (χ0v) is 12.5. The minimum atomic E-state index is -0.199. The molecule has 0 aliphatic carbocycles. The Hall–Kier alpha value is -2.47. The third-order valence-electron chi connectivity index (χ3n) is 3.85. The van der Waals surface area contributed by atoms with Crippen molar-refractivity contribution in [3.05, 3.63) is 47.8 Å². The minimum Gasteiger partial charge on any atom is -0.383 e. The van der Waals surface area contributed by atoms with E-state index in [0.717, 1.165) is 25.5 Å². The molecule has 0 bridgehead atoms. The predicted octanol–water partition coefficient (Wildman–Crippen LogP) is 1.09. The molecular weight excluding hydrogens is 278 g/mol. The Bertz CT molecular complexity index is 688. The summed E-state index contributed by atoms with van der Waals surface area (Å²) in [6.45, 7) is 4.84. The fourth-order valence-electron chi connectivity index (χ4n) is 2.64. The van der Waals surface area contributed by atoms with Gasteiger partial charge in [0.1, 0.15) is 17.3 Å². The summed E-state index contributed by atoms with van der Waals surface area (Å²) in [7, 11) is 0. The van der Waals surface area contributed by atoms with Gasteiger partial charge in [-0.15, -0.1) is 0 Å². The van der Waals surface area contributed by atoms with E-state index in [4.69, 9.17) is 5.73 Å². The average Bonchev–Trinajstić information content (AvgIpc) is 2.55. The number of piperazine rings is 1. The van der Waals surface area contributed by atoms with E-state index in [1.165, 1.54) is 0 Å². The molecule has 6 heteroatoms. The van der Waals surface area contributed by atoms with Gasteiger partial charge in [0.05, 0.1) is 5.56 Å². The zero-order valence-electron chi connectivity index (χ0n) is 12.5. The Kier molecular flexibility index (Phi) is 4.02. The molecule has 0 unspecified atom stereocenters. The summed E-state index contributed by atoms with van der Waals surface area (Å²) in [5.41, 5.74) is 6.56. The van der Waals surface area contributed by atoms with E-state index in [2.05, 4.69) is 27.1 Å². The lowest BCUT2D eigenvalue weighted by Gasteiger charge is -2.35. The second kappa shape index (κ2) is 6.11. The molecule has 0 saturated carbocycles. The van der Waals surface area contributed by atoms with Crippen LogP contribution < -0.4 is 16.0 Å². The molecule has 1 aliphatic rings. The van der Waals surface area contributed by atoms with Crippen LogP contribution in [0.2, 0.25) is 0 Å². The first-order valence-corrected chi connectivity index (χ1v) is 7.36. The van der Waals surface area contributed by atoms with Crippen molar-refractivity contribution in [3.63, 3.8) is 0 Å². The molecule has 22 heavy (non-hydrogen) atoms. The molecule has 6 nitrogen and oxygen atoms in total. The van der Waals surface area contributed by atoms with Gasteiger partial charge in [-0.3, -0.25) is 4.79 Å². The fraction of sp³-hybridized carbons (Fsp3) is 0.312. The van der Waals surface area contributed by atoms with Crippen molar-refractivity contribution in [2.45, 2.75) is 13.0 Å². The van der Waals surface area contributed by atoms with E-state index in [9.17, 15) is 4.79 Å². The van der Waals surface area contributed by atoms with Gasteiger partial charge in [-0.1, -0.05) is 6.07 Å². The lowest BCUT2D eigenvalue weighted by molar-refractivity contribution is 0.103. The number of nitrogens with one attached hydrogen (secondary N) is 1. The molecule has 3 rings (SSSR count). The molecule has 1 fully saturated rings. The Balaban J connectivity index is 1.91. The second-order valence-electron chi connectivity index (χ2n) is 5.39. The van der Waals surface area contributed by atoms with Gasteiger partial charge in [0, 0.05) is 31.9 Å². The van der Waals surface area contributed by atoms with Gasteiger partial charge in [0.25, 0.3) is 0 Å². The smallest absolute Gasteiger partial charge is 0.215 e. The normalized spacial score (nSPS) is 18.2. The largest absolute Gasteiger partial charge is 0.383 e. The summed E-state index contributed by atoms with van der Waals surface area (Å²) in [6.07, 6.45) is 1.57. The van der Waals surface area contributed by atoms with Crippen molar-refractivity contribution in [1.29, 1.82) is 0 Å². The van der Waals surface area contributed by atoms with Gasteiger partial charge in [-0.2, -0.15) is 0 Å². The monoisotopic (exact) mass is 297 g/mol. The number of anilines is 2. The first kappa shape index (κ1) is 14.5. The Morgan fingerprint density at radius 2 is 2.23 bits per heavy atom. The van der Waals surface area contributed by atoms with Crippen molar-refractivity contribution < 1.29 is 4.79 Å². The van der Waals surface area contributed by atoms with E-state index < -0.39 is 0 Å². The molecule has 0 aromatic carbocycles. The third-order valence-corrected chi connectivity index (χ3v) is 3.85. The topological polar surface area (TPSA) is 84.1 Å². The molecule has 1 saturated heterocycles. The highest BCUT2D eigenvalue weighted by molar-refractivity contribution is 6.10. The van der Waals surface area contributed by atoms with Gasteiger partial charge in [0.15, 0.2) is 0 Å². The molecule has 1 aliphatic heterocycles. The molecule has 3 N–H and O–H groups in total. The van der Waals surface area contributed by atoms with Crippen molar-refractivity contribution >= 4 is 17.4 Å². The van der Waals surface area contributed by atoms with Crippen LogP contribution in [0.4, 0.5) is 11.6 Å².